The van der Waals surface area contributed by atoms with Gasteiger partial charge in [-0.25, -0.2) is 9.67 Å². The molecule has 0 unspecified atom stereocenters. The highest BCUT2D eigenvalue weighted by Gasteiger charge is 2.10. The molecule has 0 spiro atoms. The van der Waals surface area contributed by atoms with Gasteiger partial charge in [-0.05, 0) is 17.9 Å². The molecule has 2 rings (SSSR count). The molecule has 1 heterocycles. The van der Waals surface area contributed by atoms with Crippen LogP contribution in [0, 0.1) is 11.3 Å². The summed E-state index contributed by atoms with van der Waals surface area (Å²) in [5, 5.41) is 12.5. The summed E-state index contributed by atoms with van der Waals surface area (Å²) in [6, 6.07) is 9.49. The lowest BCUT2D eigenvalue weighted by atomic mass is 9.97. The van der Waals surface area contributed by atoms with Crippen molar-refractivity contribution in [3.63, 3.8) is 0 Å². The van der Waals surface area contributed by atoms with Crippen LogP contribution in [-0.4, -0.2) is 20.5 Å². The van der Waals surface area contributed by atoms with Gasteiger partial charge in [0.1, 0.15) is 18.9 Å². The second-order valence-electron chi connectivity index (χ2n) is 4.73. The normalized spacial score (nSPS) is 11.8. The summed E-state index contributed by atoms with van der Waals surface area (Å²) in [7, 11) is 0. The Kier molecular flexibility index (Phi) is 4.26. The van der Waals surface area contributed by atoms with E-state index in [-0.39, 0.29) is 18.2 Å². The average Bonchev–Trinajstić information content (AvgIpc) is 2.94. The Morgan fingerprint density at radius 2 is 2.10 bits per heavy atom. The minimum absolute atomic E-state index is 0.0462. The molecule has 0 amide bonds. The number of benzene rings is 1. The number of carbonyl (C=O) groups is 1. The summed E-state index contributed by atoms with van der Waals surface area (Å²) in [4.78, 5) is 15.9. The highest BCUT2D eigenvalue weighted by molar-refractivity contribution is 5.95. The van der Waals surface area contributed by atoms with E-state index in [1.54, 1.807) is 0 Å². The zero-order valence-corrected chi connectivity index (χ0v) is 11.6. The molecule has 102 valence electrons. The first-order valence-electron chi connectivity index (χ1n) is 6.56. The smallest absolute Gasteiger partial charge is 0.252 e. The molecule has 20 heavy (non-hydrogen) atoms. The van der Waals surface area contributed by atoms with Crippen molar-refractivity contribution in [2.75, 3.05) is 0 Å². The van der Waals surface area contributed by atoms with Crippen LogP contribution in [0.1, 0.15) is 47.9 Å². The van der Waals surface area contributed by atoms with Crippen molar-refractivity contribution in [1.82, 2.24) is 14.8 Å². The number of Topliss-reactive ketones (excluding diaryl/α,β-unsaturated/α-hetero) is 1. The summed E-state index contributed by atoms with van der Waals surface area (Å²) < 4.78 is 1.38. The molecule has 0 N–H and O–H groups in total. The molecular formula is C15H16N4O. The molecule has 0 saturated heterocycles. The van der Waals surface area contributed by atoms with Gasteiger partial charge >= 0.3 is 0 Å². The van der Waals surface area contributed by atoms with Crippen LogP contribution >= 0.6 is 0 Å². The molecule has 1 atom stereocenters. The first kappa shape index (κ1) is 13.9. The number of nitrogens with zero attached hydrogens (tertiary/aromatic N) is 4. The lowest BCUT2D eigenvalue weighted by Crippen LogP contribution is -2.11. The lowest BCUT2D eigenvalue weighted by Gasteiger charge is -2.09. The van der Waals surface area contributed by atoms with Crippen LogP contribution < -0.4 is 0 Å². The predicted molar refractivity (Wildman–Crippen MR) is 74.2 cm³/mol. The van der Waals surface area contributed by atoms with Gasteiger partial charge in [-0.3, -0.25) is 4.79 Å². The van der Waals surface area contributed by atoms with Crippen molar-refractivity contribution >= 4 is 5.78 Å². The first-order chi connectivity index (χ1) is 9.63. The van der Waals surface area contributed by atoms with Crippen molar-refractivity contribution in [1.29, 1.82) is 5.26 Å². The van der Waals surface area contributed by atoms with Crippen molar-refractivity contribution in [2.24, 2.45) is 0 Å². The third-order valence-corrected chi connectivity index (χ3v) is 3.36. The summed E-state index contributed by atoms with van der Waals surface area (Å²) in [6.07, 6.45) is 2.47. The maximum Gasteiger partial charge on any atom is 0.252 e. The quantitative estimate of drug-likeness (QED) is 0.781. The molecule has 5 nitrogen and oxygen atoms in total. The molecule has 1 aromatic carbocycles. The zero-order valence-electron chi connectivity index (χ0n) is 11.6. The van der Waals surface area contributed by atoms with Crippen LogP contribution in [0.2, 0.25) is 0 Å². The minimum Gasteiger partial charge on any atom is -0.292 e. The summed E-state index contributed by atoms with van der Waals surface area (Å²) in [5.74, 6) is 0.521. The van der Waals surface area contributed by atoms with Crippen molar-refractivity contribution in [2.45, 2.75) is 32.7 Å². The fourth-order valence-electron chi connectivity index (χ4n) is 1.89. The molecule has 0 saturated carbocycles. The van der Waals surface area contributed by atoms with E-state index in [4.69, 9.17) is 5.26 Å². The van der Waals surface area contributed by atoms with E-state index in [2.05, 4.69) is 23.9 Å². The van der Waals surface area contributed by atoms with E-state index < -0.39 is 0 Å². The highest BCUT2D eigenvalue weighted by Crippen LogP contribution is 2.19. The van der Waals surface area contributed by atoms with E-state index in [1.807, 2.05) is 30.3 Å². The molecule has 1 aromatic heterocycles. The van der Waals surface area contributed by atoms with Crippen molar-refractivity contribution in [3.05, 3.63) is 47.5 Å². The number of rotatable bonds is 5. The molecule has 0 radical (unpaired) electrons. The fourth-order valence-corrected chi connectivity index (χ4v) is 1.89. The molecule has 0 aliphatic carbocycles. The largest absolute Gasteiger partial charge is 0.292 e. The lowest BCUT2D eigenvalue weighted by molar-refractivity contribution is 0.0967. The Balaban J connectivity index is 2.07. The zero-order chi connectivity index (χ0) is 14.5. The SMILES string of the molecule is CC[C@@H](C)c1ccc(C(=O)Cn2cnc(C#N)n2)cc1. The maximum absolute atomic E-state index is 12.1. The van der Waals surface area contributed by atoms with E-state index in [0.717, 1.165) is 6.42 Å². The molecule has 5 heteroatoms. The van der Waals surface area contributed by atoms with Crippen molar-refractivity contribution in [3.8, 4) is 6.07 Å². The summed E-state index contributed by atoms with van der Waals surface area (Å²) in [6.45, 7) is 4.40. The van der Waals surface area contributed by atoms with Crippen LogP contribution in [-0.2, 0) is 6.54 Å². The number of aromatic nitrogens is 3. The monoisotopic (exact) mass is 268 g/mol. The fraction of sp³-hybridized carbons (Fsp3) is 0.333. The average molecular weight is 268 g/mol. The number of hydrogen-bond donors (Lipinski definition) is 0. The Bertz CT molecular complexity index is 637. The van der Waals surface area contributed by atoms with E-state index in [9.17, 15) is 4.79 Å². The van der Waals surface area contributed by atoms with Crippen molar-refractivity contribution < 1.29 is 4.79 Å². The summed E-state index contributed by atoms with van der Waals surface area (Å²) in [5.41, 5.74) is 1.88. The Morgan fingerprint density at radius 3 is 2.65 bits per heavy atom. The number of nitriles is 1. The molecule has 0 fully saturated rings. The number of carbonyl (C=O) groups excluding carboxylic acids is 1. The summed E-state index contributed by atoms with van der Waals surface area (Å²) >= 11 is 0. The minimum atomic E-state index is -0.0462. The van der Waals surface area contributed by atoms with E-state index in [1.165, 1.54) is 16.6 Å². The number of ketones is 1. The first-order valence-corrected chi connectivity index (χ1v) is 6.56. The van der Waals surface area contributed by atoms with Gasteiger partial charge in [0.25, 0.3) is 5.82 Å². The Hall–Kier alpha value is -2.48. The topological polar surface area (TPSA) is 71.6 Å². The Morgan fingerprint density at radius 1 is 1.40 bits per heavy atom. The van der Waals surface area contributed by atoms with Crippen LogP contribution in [0.3, 0.4) is 0 Å². The molecule has 2 aromatic rings. The molecule has 0 aliphatic rings. The van der Waals surface area contributed by atoms with Crippen LogP contribution in [0.25, 0.3) is 0 Å². The Labute approximate surface area is 117 Å². The van der Waals surface area contributed by atoms with Gasteiger partial charge in [-0.1, -0.05) is 38.1 Å². The third-order valence-electron chi connectivity index (χ3n) is 3.36. The van der Waals surface area contributed by atoms with E-state index >= 15 is 0 Å². The third kappa shape index (κ3) is 3.09. The second kappa shape index (κ2) is 6.11. The van der Waals surface area contributed by atoms with Gasteiger partial charge in [0, 0.05) is 5.56 Å². The standard InChI is InChI=1S/C15H16N4O/c1-3-11(2)12-4-6-13(7-5-12)14(20)9-19-10-17-15(8-16)18-19/h4-7,10-11H,3,9H2,1-2H3/t11-/m1/s1. The second-order valence-corrected chi connectivity index (χ2v) is 4.73. The predicted octanol–water partition coefficient (Wildman–Crippen LogP) is 2.55. The van der Waals surface area contributed by atoms with Gasteiger partial charge < -0.3 is 0 Å². The molecular weight excluding hydrogens is 252 g/mol. The maximum atomic E-state index is 12.1. The molecule has 0 bridgehead atoms. The van der Waals surface area contributed by atoms with Crippen LogP contribution in [0.4, 0.5) is 0 Å². The van der Waals surface area contributed by atoms with Gasteiger partial charge in [0.05, 0.1) is 0 Å². The van der Waals surface area contributed by atoms with Gasteiger partial charge in [0.15, 0.2) is 5.78 Å². The van der Waals surface area contributed by atoms with Gasteiger partial charge in [-0.2, -0.15) is 5.26 Å². The van der Waals surface area contributed by atoms with Gasteiger partial charge in [0.2, 0.25) is 0 Å². The molecule has 0 aliphatic heterocycles. The number of hydrogen-bond acceptors (Lipinski definition) is 4. The highest BCUT2D eigenvalue weighted by atomic mass is 16.1. The van der Waals surface area contributed by atoms with E-state index in [0.29, 0.717) is 11.5 Å². The van der Waals surface area contributed by atoms with Crippen LogP contribution in [0.15, 0.2) is 30.6 Å². The van der Waals surface area contributed by atoms with Gasteiger partial charge in [-0.15, -0.1) is 5.10 Å². The van der Waals surface area contributed by atoms with Crippen LogP contribution in [0.5, 0.6) is 0 Å².